The van der Waals surface area contributed by atoms with Crippen LogP contribution in [0.5, 0.6) is 0 Å². The third kappa shape index (κ3) is 4.18. The first-order valence-corrected chi connectivity index (χ1v) is 9.27. The molecule has 1 amide bonds. The average molecular weight is 395 g/mol. The van der Waals surface area contributed by atoms with Crippen LogP contribution >= 0.6 is 0 Å². The standard InChI is InChI=1S/C22H22FN3O3/c1-4-29-22(28)20(24-21(27)17-12-8-9-13-18(17)23)19-14(2)25-26(15(19)3)16-10-6-5-7-11-16/h5-13,20H,4H2,1-3H3,(H,24,27)/t20-/m0/s1. The van der Waals surface area contributed by atoms with Crippen LogP contribution in [0.15, 0.2) is 54.6 Å². The zero-order chi connectivity index (χ0) is 21.0. The van der Waals surface area contributed by atoms with Gasteiger partial charge in [0.05, 0.1) is 23.6 Å². The van der Waals surface area contributed by atoms with E-state index in [0.717, 1.165) is 5.69 Å². The Bertz CT molecular complexity index is 1030. The summed E-state index contributed by atoms with van der Waals surface area (Å²) in [6.45, 7) is 5.39. The summed E-state index contributed by atoms with van der Waals surface area (Å²) in [4.78, 5) is 25.3. The van der Waals surface area contributed by atoms with E-state index in [1.807, 2.05) is 37.3 Å². The fourth-order valence-electron chi connectivity index (χ4n) is 3.22. The summed E-state index contributed by atoms with van der Waals surface area (Å²) >= 11 is 0. The molecule has 7 heteroatoms. The van der Waals surface area contributed by atoms with Crippen molar-refractivity contribution in [2.24, 2.45) is 0 Å². The second-order valence-corrected chi connectivity index (χ2v) is 6.47. The van der Waals surface area contributed by atoms with Crippen molar-refractivity contribution < 1.29 is 18.7 Å². The molecule has 1 heterocycles. The molecule has 0 saturated carbocycles. The fourth-order valence-corrected chi connectivity index (χ4v) is 3.22. The third-order valence-electron chi connectivity index (χ3n) is 4.55. The number of para-hydroxylation sites is 1. The molecule has 0 unspecified atom stereocenters. The molecule has 1 N–H and O–H groups in total. The summed E-state index contributed by atoms with van der Waals surface area (Å²) in [6.07, 6.45) is 0. The number of esters is 1. The zero-order valence-electron chi connectivity index (χ0n) is 16.5. The van der Waals surface area contributed by atoms with Gasteiger partial charge in [0, 0.05) is 11.3 Å². The van der Waals surface area contributed by atoms with E-state index in [0.29, 0.717) is 17.0 Å². The monoisotopic (exact) mass is 395 g/mol. The molecular formula is C22H22FN3O3. The maximum atomic E-state index is 14.0. The van der Waals surface area contributed by atoms with Gasteiger partial charge in [0.1, 0.15) is 5.82 Å². The Balaban J connectivity index is 2.02. The van der Waals surface area contributed by atoms with Gasteiger partial charge in [-0.25, -0.2) is 13.9 Å². The van der Waals surface area contributed by atoms with E-state index < -0.39 is 23.7 Å². The van der Waals surface area contributed by atoms with Gasteiger partial charge in [-0.15, -0.1) is 0 Å². The number of rotatable bonds is 6. The van der Waals surface area contributed by atoms with Crippen molar-refractivity contribution in [3.63, 3.8) is 0 Å². The lowest BCUT2D eigenvalue weighted by molar-refractivity contribution is -0.145. The Labute approximate surface area is 168 Å². The number of hydrogen-bond acceptors (Lipinski definition) is 4. The minimum absolute atomic E-state index is 0.146. The highest BCUT2D eigenvalue weighted by molar-refractivity contribution is 5.97. The van der Waals surface area contributed by atoms with E-state index in [1.54, 1.807) is 24.6 Å². The van der Waals surface area contributed by atoms with E-state index in [-0.39, 0.29) is 12.2 Å². The Hall–Kier alpha value is -3.48. The first kappa shape index (κ1) is 20.3. The molecule has 2 aromatic carbocycles. The van der Waals surface area contributed by atoms with Gasteiger partial charge in [0.2, 0.25) is 0 Å². The average Bonchev–Trinajstić information content (AvgIpc) is 3.01. The van der Waals surface area contributed by atoms with Crippen LogP contribution in [-0.4, -0.2) is 28.3 Å². The maximum absolute atomic E-state index is 14.0. The van der Waals surface area contributed by atoms with E-state index in [2.05, 4.69) is 10.4 Å². The minimum Gasteiger partial charge on any atom is -0.464 e. The molecule has 0 bridgehead atoms. The van der Waals surface area contributed by atoms with E-state index in [1.165, 1.54) is 18.2 Å². The lowest BCUT2D eigenvalue weighted by Crippen LogP contribution is -2.36. The van der Waals surface area contributed by atoms with Gasteiger partial charge < -0.3 is 10.1 Å². The summed E-state index contributed by atoms with van der Waals surface area (Å²) in [5.74, 6) is -2.00. The van der Waals surface area contributed by atoms with Gasteiger partial charge in [-0.2, -0.15) is 5.10 Å². The molecule has 0 fully saturated rings. The molecule has 1 aromatic heterocycles. The first-order chi connectivity index (χ1) is 13.9. The molecule has 0 aliphatic carbocycles. The number of carbonyl (C=O) groups is 2. The normalized spacial score (nSPS) is 11.7. The van der Waals surface area contributed by atoms with Crippen molar-refractivity contribution in [3.05, 3.63) is 82.9 Å². The first-order valence-electron chi connectivity index (χ1n) is 9.27. The van der Waals surface area contributed by atoms with Crippen LogP contribution in [-0.2, 0) is 9.53 Å². The van der Waals surface area contributed by atoms with E-state index in [4.69, 9.17) is 4.74 Å². The maximum Gasteiger partial charge on any atom is 0.333 e. The number of hydrogen-bond donors (Lipinski definition) is 1. The fraction of sp³-hybridized carbons (Fsp3) is 0.227. The Morgan fingerprint density at radius 1 is 1.10 bits per heavy atom. The van der Waals surface area contributed by atoms with Gasteiger partial charge in [-0.3, -0.25) is 4.79 Å². The summed E-state index contributed by atoms with van der Waals surface area (Å²) in [7, 11) is 0. The SMILES string of the molecule is CCOC(=O)[C@@H](NC(=O)c1ccccc1F)c1c(C)nn(-c2ccccc2)c1C. The Morgan fingerprint density at radius 3 is 2.41 bits per heavy atom. The van der Waals surface area contributed by atoms with Crippen molar-refractivity contribution in [1.29, 1.82) is 0 Å². The van der Waals surface area contributed by atoms with Crippen molar-refractivity contribution in [2.75, 3.05) is 6.61 Å². The number of ether oxygens (including phenoxy) is 1. The molecule has 0 aliphatic rings. The van der Waals surface area contributed by atoms with Crippen LogP contribution in [0.25, 0.3) is 5.69 Å². The quantitative estimate of drug-likeness (QED) is 0.647. The molecule has 0 aliphatic heterocycles. The van der Waals surface area contributed by atoms with Crippen LogP contribution in [0.3, 0.4) is 0 Å². The number of benzene rings is 2. The van der Waals surface area contributed by atoms with Crippen molar-refractivity contribution in [1.82, 2.24) is 15.1 Å². The highest BCUT2D eigenvalue weighted by Gasteiger charge is 2.31. The predicted octanol–water partition coefficient (Wildman–Crippen LogP) is 3.66. The van der Waals surface area contributed by atoms with Gasteiger partial charge in [-0.05, 0) is 45.0 Å². The predicted molar refractivity (Wildman–Crippen MR) is 106 cm³/mol. The highest BCUT2D eigenvalue weighted by Crippen LogP contribution is 2.26. The molecule has 6 nitrogen and oxygen atoms in total. The summed E-state index contributed by atoms with van der Waals surface area (Å²) in [5.41, 5.74) is 2.45. The molecule has 29 heavy (non-hydrogen) atoms. The Morgan fingerprint density at radius 2 is 1.76 bits per heavy atom. The topological polar surface area (TPSA) is 73.2 Å². The number of nitrogens with one attached hydrogen (secondary N) is 1. The number of halogens is 1. The number of aryl methyl sites for hydroxylation is 1. The number of amides is 1. The van der Waals surface area contributed by atoms with Crippen LogP contribution < -0.4 is 5.32 Å². The third-order valence-corrected chi connectivity index (χ3v) is 4.55. The van der Waals surface area contributed by atoms with E-state index in [9.17, 15) is 14.0 Å². The summed E-state index contributed by atoms with van der Waals surface area (Å²) < 4.78 is 20.9. The number of nitrogens with zero attached hydrogens (tertiary/aromatic N) is 2. The molecule has 3 rings (SSSR count). The molecule has 0 spiro atoms. The second kappa shape index (κ2) is 8.68. The lowest BCUT2D eigenvalue weighted by Gasteiger charge is -2.18. The van der Waals surface area contributed by atoms with Crippen molar-refractivity contribution in [3.8, 4) is 5.69 Å². The minimum atomic E-state index is -1.11. The van der Waals surface area contributed by atoms with Crippen molar-refractivity contribution in [2.45, 2.75) is 26.8 Å². The Kier molecular flexibility index (Phi) is 6.07. The number of carbonyl (C=O) groups excluding carboxylic acids is 2. The summed E-state index contributed by atoms with van der Waals surface area (Å²) in [5, 5.41) is 7.14. The molecule has 3 aromatic rings. The smallest absolute Gasteiger partial charge is 0.333 e. The van der Waals surface area contributed by atoms with Crippen LogP contribution in [0.2, 0.25) is 0 Å². The lowest BCUT2D eigenvalue weighted by atomic mass is 10.0. The zero-order valence-corrected chi connectivity index (χ0v) is 16.5. The molecule has 0 radical (unpaired) electrons. The van der Waals surface area contributed by atoms with Crippen LogP contribution in [0, 0.1) is 19.7 Å². The molecule has 0 saturated heterocycles. The van der Waals surface area contributed by atoms with Crippen molar-refractivity contribution >= 4 is 11.9 Å². The van der Waals surface area contributed by atoms with Gasteiger partial charge in [0.15, 0.2) is 6.04 Å². The van der Waals surface area contributed by atoms with Gasteiger partial charge in [0.25, 0.3) is 5.91 Å². The number of aromatic nitrogens is 2. The largest absolute Gasteiger partial charge is 0.464 e. The van der Waals surface area contributed by atoms with Gasteiger partial charge in [-0.1, -0.05) is 30.3 Å². The van der Waals surface area contributed by atoms with Crippen LogP contribution in [0.1, 0.15) is 40.3 Å². The van der Waals surface area contributed by atoms with Crippen LogP contribution in [0.4, 0.5) is 4.39 Å². The summed E-state index contributed by atoms with van der Waals surface area (Å²) in [6, 6.07) is 13.9. The second-order valence-electron chi connectivity index (χ2n) is 6.47. The highest BCUT2D eigenvalue weighted by atomic mass is 19.1. The van der Waals surface area contributed by atoms with E-state index >= 15 is 0 Å². The molecular weight excluding hydrogens is 373 g/mol. The molecule has 150 valence electrons. The molecule has 1 atom stereocenters. The van der Waals surface area contributed by atoms with Gasteiger partial charge >= 0.3 is 5.97 Å².